The third-order valence-electron chi connectivity index (χ3n) is 3.09. The Morgan fingerprint density at radius 3 is 2.65 bits per heavy atom. The van der Waals surface area contributed by atoms with Gasteiger partial charge in [0.1, 0.15) is 17.2 Å². The largest absolute Gasteiger partial charge is 0.466 e. The van der Waals surface area contributed by atoms with Gasteiger partial charge < -0.3 is 9.73 Å². The third kappa shape index (κ3) is 2.64. The van der Waals surface area contributed by atoms with Crippen LogP contribution >= 0.6 is 0 Å². The van der Waals surface area contributed by atoms with Crippen LogP contribution in [0, 0.1) is 29.8 Å². The fourth-order valence-electron chi connectivity index (χ4n) is 2.21. The fraction of sp³-hybridized carbons (Fsp3) is 0.286. The van der Waals surface area contributed by atoms with Crippen molar-refractivity contribution >= 4 is 11.4 Å². The normalized spacial score (nSPS) is 12.2. The number of hydrogen-bond acceptors (Lipinski definition) is 4. The summed E-state index contributed by atoms with van der Waals surface area (Å²) in [4.78, 5) is 10.2. The summed E-state index contributed by atoms with van der Waals surface area (Å²) in [7, 11) is 0. The molecule has 1 aromatic carbocycles. The minimum Gasteiger partial charge on any atom is -0.466 e. The Labute approximate surface area is 115 Å². The van der Waals surface area contributed by atoms with Crippen LogP contribution in [0.3, 0.4) is 0 Å². The molecular formula is C14H15FN2O3. The number of anilines is 1. The van der Waals surface area contributed by atoms with Crippen LogP contribution in [-0.4, -0.2) is 4.92 Å². The molecule has 2 aromatic rings. The summed E-state index contributed by atoms with van der Waals surface area (Å²) in [6.45, 7) is 5.49. The highest BCUT2D eigenvalue weighted by atomic mass is 19.1. The van der Waals surface area contributed by atoms with Gasteiger partial charge in [-0.1, -0.05) is 6.07 Å². The highest BCUT2D eigenvalue weighted by Gasteiger charge is 2.22. The molecule has 1 N–H and O–H groups in total. The Kier molecular flexibility index (Phi) is 3.74. The molecule has 6 heteroatoms. The first kappa shape index (κ1) is 14.0. The molecule has 1 atom stereocenters. The van der Waals surface area contributed by atoms with Crippen molar-refractivity contribution in [3.05, 3.63) is 57.3 Å². The average Bonchev–Trinajstić information content (AvgIpc) is 2.68. The Hall–Kier alpha value is -2.37. The Balaban J connectivity index is 2.33. The third-order valence-corrected chi connectivity index (χ3v) is 3.09. The molecule has 20 heavy (non-hydrogen) atoms. The van der Waals surface area contributed by atoms with Crippen LogP contribution in [0.1, 0.15) is 30.0 Å². The van der Waals surface area contributed by atoms with Gasteiger partial charge in [0.15, 0.2) is 0 Å². The predicted molar refractivity (Wildman–Crippen MR) is 73.3 cm³/mol. The van der Waals surface area contributed by atoms with Crippen molar-refractivity contribution in [1.29, 1.82) is 0 Å². The molecule has 0 aliphatic rings. The number of nitrogens with zero attached hydrogens (tertiary/aromatic N) is 1. The van der Waals surface area contributed by atoms with E-state index in [0.717, 1.165) is 23.2 Å². The maximum absolute atomic E-state index is 13.5. The number of furan rings is 1. The standard InChI is InChI=1S/C14H15FN2O3/c1-8-7-11(10(3)20-8)9(2)16-13-6-4-5-12(15)14(13)17(18)19/h4-7,9,16H,1-3H3. The van der Waals surface area contributed by atoms with Gasteiger partial charge in [0.05, 0.1) is 11.0 Å². The zero-order chi connectivity index (χ0) is 14.9. The molecule has 0 fully saturated rings. The van der Waals surface area contributed by atoms with Crippen LogP contribution in [-0.2, 0) is 0 Å². The van der Waals surface area contributed by atoms with Gasteiger partial charge in [-0.25, -0.2) is 0 Å². The summed E-state index contributed by atoms with van der Waals surface area (Å²) >= 11 is 0. The molecule has 5 nitrogen and oxygen atoms in total. The number of nitro benzene ring substituents is 1. The topological polar surface area (TPSA) is 68.3 Å². The van der Waals surface area contributed by atoms with Crippen molar-refractivity contribution in [1.82, 2.24) is 0 Å². The zero-order valence-electron chi connectivity index (χ0n) is 11.4. The number of aryl methyl sites for hydroxylation is 2. The molecule has 0 radical (unpaired) electrons. The van der Waals surface area contributed by atoms with Crippen molar-refractivity contribution in [2.75, 3.05) is 5.32 Å². The minimum absolute atomic E-state index is 0.153. The van der Waals surface area contributed by atoms with Crippen LogP contribution in [0.2, 0.25) is 0 Å². The van der Waals surface area contributed by atoms with Gasteiger partial charge in [-0.3, -0.25) is 10.1 Å². The Morgan fingerprint density at radius 1 is 1.40 bits per heavy atom. The van der Waals surface area contributed by atoms with E-state index in [-0.39, 0.29) is 11.7 Å². The molecule has 2 rings (SSSR count). The molecular weight excluding hydrogens is 263 g/mol. The Morgan fingerprint density at radius 2 is 2.10 bits per heavy atom. The second kappa shape index (κ2) is 5.32. The summed E-state index contributed by atoms with van der Waals surface area (Å²) in [6, 6.07) is 5.62. The van der Waals surface area contributed by atoms with Crippen LogP contribution in [0.5, 0.6) is 0 Å². The molecule has 0 saturated carbocycles. The smallest absolute Gasteiger partial charge is 0.327 e. The number of nitro groups is 1. The van der Waals surface area contributed by atoms with Gasteiger partial charge in [0.25, 0.3) is 0 Å². The summed E-state index contributed by atoms with van der Waals surface area (Å²) < 4.78 is 19.0. The maximum atomic E-state index is 13.5. The lowest BCUT2D eigenvalue weighted by atomic mass is 10.1. The minimum atomic E-state index is -0.854. The zero-order valence-corrected chi connectivity index (χ0v) is 11.4. The van der Waals surface area contributed by atoms with Crippen LogP contribution in [0.25, 0.3) is 0 Å². The molecule has 0 aliphatic heterocycles. The first-order chi connectivity index (χ1) is 9.40. The Bertz CT molecular complexity index is 652. The highest BCUT2D eigenvalue weighted by molar-refractivity contribution is 5.62. The van der Waals surface area contributed by atoms with E-state index in [9.17, 15) is 14.5 Å². The van der Waals surface area contributed by atoms with Crippen molar-refractivity contribution in [3.8, 4) is 0 Å². The van der Waals surface area contributed by atoms with Crippen molar-refractivity contribution in [2.45, 2.75) is 26.8 Å². The van der Waals surface area contributed by atoms with Crippen LogP contribution in [0.4, 0.5) is 15.8 Å². The number of hydrogen-bond donors (Lipinski definition) is 1. The van der Waals surface area contributed by atoms with Gasteiger partial charge in [0.2, 0.25) is 5.82 Å². The summed E-state index contributed by atoms with van der Waals surface area (Å²) in [5.41, 5.74) is 0.499. The van der Waals surface area contributed by atoms with Gasteiger partial charge in [0, 0.05) is 5.56 Å². The second-order valence-electron chi connectivity index (χ2n) is 4.63. The van der Waals surface area contributed by atoms with E-state index < -0.39 is 16.4 Å². The predicted octanol–water partition coefficient (Wildman–Crippen LogP) is 4.12. The van der Waals surface area contributed by atoms with Gasteiger partial charge >= 0.3 is 5.69 Å². The number of rotatable bonds is 4. The van der Waals surface area contributed by atoms with Crippen LogP contribution in [0.15, 0.2) is 28.7 Å². The van der Waals surface area contributed by atoms with Crippen molar-refractivity contribution < 1.29 is 13.7 Å². The van der Waals surface area contributed by atoms with Gasteiger partial charge in [-0.05, 0) is 39.0 Å². The second-order valence-corrected chi connectivity index (χ2v) is 4.63. The molecule has 0 aliphatic carbocycles. The van der Waals surface area contributed by atoms with Gasteiger partial charge in [-0.15, -0.1) is 0 Å². The van der Waals surface area contributed by atoms with Crippen LogP contribution < -0.4 is 5.32 Å². The van der Waals surface area contributed by atoms with E-state index in [0.29, 0.717) is 0 Å². The molecule has 1 heterocycles. The lowest BCUT2D eigenvalue weighted by Gasteiger charge is -2.14. The van der Waals surface area contributed by atoms with E-state index in [1.807, 2.05) is 26.8 Å². The van der Waals surface area contributed by atoms with E-state index >= 15 is 0 Å². The summed E-state index contributed by atoms with van der Waals surface area (Å²) in [6.07, 6.45) is 0. The number of halogens is 1. The molecule has 0 bridgehead atoms. The van der Waals surface area contributed by atoms with Crippen molar-refractivity contribution in [3.63, 3.8) is 0 Å². The molecule has 1 aromatic heterocycles. The molecule has 1 unspecified atom stereocenters. The number of benzene rings is 1. The average molecular weight is 278 g/mol. The lowest BCUT2D eigenvalue weighted by Crippen LogP contribution is -2.09. The first-order valence-corrected chi connectivity index (χ1v) is 6.16. The SMILES string of the molecule is Cc1cc(C(C)Nc2cccc(F)c2[N+](=O)[O-])c(C)o1. The molecule has 106 valence electrons. The highest BCUT2D eigenvalue weighted by Crippen LogP contribution is 2.31. The maximum Gasteiger partial charge on any atom is 0.327 e. The van der Waals surface area contributed by atoms with E-state index in [2.05, 4.69) is 5.32 Å². The van der Waals surface area contributed by atoms with Crippen molar-refractivity contribution in [2.24, 2.45) is 0 Å². The molecule has 0 spiro atoms. The summed E-state index contributed by atoms with van der Waals surface area (Å²) in [5, 5.41) is 13.9. The van der Waals surface area contributed by atoms with E-state index in [1.54, 1.807) is 0 Å². The quantitative estimate of drug-likeness (QED) is 0.674. The van der Waals surface area contributed by atoms with E-state index in [1.165, 1.54) is 12.1 Å². The first-order valence-electron chi connectivity index (χ1n) is 6.16. The fourth-order valence-corrected chi connectivity index (χ4v) is 2.21. The van der Waals surface area contributed by atoms with E-state index in [4.69, 9.17) is 4.42 Å². The summed E-state index contributed by atoms with van der Waals surface area (Å²) in [5.74, 6) is 0.647. The number of para-hydroxylation sites is 1. The monoisotopic (exact) mass is 278 g/mol. The molecule has 0 saturated heterocycles. The number of nitrogens with one attached hydrogen (secondary N) is 1. The molecule has 0 amide bonds. The van der Waals surface area contributed by atoms with Gasteiger partial charge in [-0.2, -0.15) is 4.39 Å². The lowest BCUT2D eigenvalue weighted by molar-refractivity contribution is -0.386.